The third-order valence-corrected chi connectivity index (χ3v) is 4.47. The Kier molecular flexibility index (Phi) is 10.6. The molecule has 0 aromatic rings. The molecule has 0 saturated heterocycles. The zero-order valence-electron chi connectivity index (χ0n) is 15.0. The molecule has 0 aliphatic rings. The van der Waals surface area contributed by atoms with E-state index in [0.29, 0.717) is 0 Å². The highest BCUT2D eigenvalue weighted by Crippen LogP contribution is 2.24. The average molecular weight is 285 g/mol. The molecule has 20 heavy (non-hydrogen) atoms. The molecule has 1 unspecified atom stereocenters. The standard InChI is InChI=1S/C18H40N2/c1-7-8-9-12-18(6,15-19)20(13-10-16(2)3)14-11-17(4)5/h16-17H,7-15,19H2,1-6H3. The van der Waals surface area contributed by atoms with Gasteiger partial charge in [-0.15, -0.1) is 0 Å². The molecule has 0 saturated carbocycles. The van der Waals surface area contributed by atoms with Crippen molar-refractivity contribution < 1.29 is 0 Å². The molecule has 0 aliphatic carbocycles. The summed E-state index contributed by atoms with van der Waals surface area (Å²) in [6, 6.07) is 0. The van der Waals surface area contributed by atoms with Gasteiger partial charge in [-0.25, -0.2) is 0 Å². The first kappa shape index (κ1) is 19.9. The predicted octanol–water partition coefficient (Wildman–Crippen LogP) is 4.68. The Hall–Kier alpha value is -0.0800. The summed E-state index contributed by atoms with van der Waals surface area (Å²) in [6.07, 6.45) is 7.73. The third-order valence-electron chi connectivity index (χ3n) is 4.47. The molecule has 0 heterocycles. The minimum atomic E-state index is 0.193. The van der Waals surface area contributed by atoms with Gasteiger partial charge in [-0.1, -0.05) is 53.9 Å². The Morgan fingerprint density at radius 2 is 1.45 bits per heavy atom. The van der Waals surface area contributed by atoms with E-state index in [2.05, 4.69) is 46.4 Å². The lowest BCUT2D eigenvalue weighted by Crippen LogP contribution is -2.52. The van der Waals surface area contributed by atoms with Crippen molar-refractivity contribution in [2.24, 2.45) is 17.6 Å². The monoisotopic (exact) mass is 284 g/mol. The fraction of sp³-hybridized carbons (Fsp3) is 1.00. The largest absolute Gasteiger partial charge is 0.329 e. The maximum absolute atomic E-state index is 6.16. The van der Waals surface area contributed by atoms with E-state index < -0.39 is 0 Å². The van der Waals surface area contributed by atoms with Gasteiger partial charge >= 0.3 is 0 Å². The molecular weight excluding hydrogens is 244 g/mol. The number of nitrogens with zero attached hydrogens (tertiary/aromatic N) is 1. The van der Waals surface area contributed by atoms with Crippen molar-refractivity contribution >= 4 is 0 Å². The SMILES string of the molecule is CCCCCC(C)(CN)N(CCC(C)C)CCC(C)C. The maximum atomic E-state index is 6.16. The summed E-state index contributed by atoms with van der Waals surface area (Å²) in [5, 5.41) is 0. The van der Waals surface area contributed by atoms with Gasteiger partial charge in [-0.05, 0) is 51.1 Å². The van der Waals surface area contributed by atoms with Crippen LogP contribution in [-0.4, -0.2) is 30.1 Å². The van der Waals surface area contributed by atoms with Crippen LogP contribution in [0.1, 0.15) is 80.1 Å². The second-order valence-electron chi connectivity index (χ2n) is 7.51. The molecule has 0 rings (SSSR count). The smallest absolute Gasteiger partial charge is 0.0303 e. The molecule has 2 heteroatoms. The van der Waals surface area contributed by atoms with Crippen LogP contribution in [0.4, 0.5) is 0 Å². The number of hydrogen-bond donors (Lipinski definition) is 1. The van der Waals surface area contributed by atoms with Crippen LogP contribution in [0.15, 0.2) is 0 Å². The highest BCUT2D eigenvalue weighted by molar-refractivity contribution is 4.87. The quantitative estimate of drug-likeness (QED) is 0.527. The Bertz CT molecular complexity index is 213. The molecule has 2 N–H and O–H groups in total. The second-order valence-corrected chi connectivity index (χ2v) is 7.51. The zero-order chi connectivity index (χ0) is 15.6. The molecule has 0 spiro atoms. The zero-order valence-corrected chi connectivity index (χ0v) is 15.0. The van der Waals surface area contributed by atoms with Crippen LogP contribution >= 0.6 is 0 Å². The number of unbranched alkanes of at least 4 members (excludes halogenated alkanes) is 2. The second kappa shape index (κ2) is 10.6. The fourth-order valence-corrected chi connectivity index (χ4v) is 2.62. The van der Waals surface area contributed by atoms with Crippen LogP contribution in [0.3, 0.4) is 0 Å². The lowest BCUT2D eigenvalue weighted by Gasteiger charge is -2.42. The summed E-state index contributed by atoms with van der Waals surface area (Å²) in [7, 11) is 0. The molecule has 0 radical (unpaired) electrons. The Morgan fingerprint density at radius 3 is 1.80 bits per heavy atom. The molecule has 1 atom stereocenters. The summed E-state index contributed by atoms with van der Waals surface area (Å²) in [5.74, 6) is 1.54. The van der Waals surface area contributed by atoms with Crippen LogP contribution in [-0.2, 0) is 0 Å². The van der Waals surface area contributed by atoms with Crippen molar-refractivity contribution in [3.05, 3.63) is 0 Å². The number of hydrogen-bond acceptors (Lipinski definition) is 2. The van der Waals surface area contributed by atoms with Crippen molar-refractivity contribution in [2.75, 3.05) is 19.6 Å². The average Bonchev–Trinajstić information content (AvgIpc) is 2.38. The van der Waals surface area contributed by atoms with Gasteiger partial charge in [0.2, 0.25) is 0 Å². The van der Waals surface area contributed by atoms with E-state index in [0.717, 1.165) is 18.4 Å². The van der Waals surface area contributed by atoms with Crippen molar-refractivity contribution in [1.29, 1.82) is 0 Å². The van der Waals surface area contributed by atoms with E-state index in [1.54, 1.807) is 0 Å². The van der Waals surface area contributed by atoms with Crippen molar-refractivity contribution in [1.82, 2.24) is 4.90 Å². The van der Waals surface area contributed by atoms with E-state index in [1.807, 2.05) is 0 Å². The van der Waals surface area contributed by atoms with E-state index in [-0.39, 0.29) is 5.54 Å². The topological polar surface area (TPSA) is 29.3 Å². The maximum Gasteiger partial charge on any atom is 0.0303 e. The first-order chi connectivity index (χ1) is 9.35. The Labute approximate surface area is 128 Å². The van der Waals surface area contributed by atoms with E-state index >= 15 is 0 Å². The first-order valence-electron chi connectivity index (χ1n) is 8.80. The summed E-state index contributed by atoms with van der Waals surface area (Å²) in [4.78, 5) is 2.68. The lowest BCUT2D eigenvalue weighted by molar-refractivity contribution is 0.0871. The number of rotatable bonds is 12. The van der Waals surface area contributed by atoms with Crippen molar-refractivity contribution in [3.63, 3.8) is 0 Å². The third kappa shape index (κ3) is 8.26. The lowest BCUT2D eigenvalue weighted by atomic mass is 9.90. The van der Waals surface area contributed by atoms with Crippen LogP contribution in [0, 0.1) is 11.8 Å². The highest BCUT2D eigenvalue weighted by atomic mass is 15.2. The van der Waals surface area contributed by atoms with Gasteiger partial charge in [0.1, 0.15) is 0 Å². The molecule has 0 aliphatic heterocycles. The highest BCUT2D eigenvalue weighted by Gasteiger charge is 2.29. The van der Waals surface area contributed by atoms with E-state index in [4.69, 9.17) is 5.73 Å². The molecule has 0 aromatic heterocycles. The van der Waals surface area contributed by atoms with Crippen molar-refractivity contribution in [2.45, 2.75) is 85.6 Å². The molecule has 122 valence electrons. The molecule has 0 bridgehead atoms. The summed E-state index contributed by atoms with van der Waals surface area (Å²) in [5.41, 5.74) is 6.35. The van der Waals surface area contributed by atoms with Gasteiger partial charge in [0.15, 0.2) is 0 Å². The minimum absolute atomic E-state index is 0.193. The van der Waals surface area contributed by atoms with E-state index in [9.17, 15) is 0 Å². The van der Waals surface area contributed by atoms with Gasteiger partial charge in [-0.3, -0.25) is 4.90 Å². The van der Waals surface area contributed by atoms with Gasteiger partial charge in [0, 0.05) is 12.1 Å². The minimum Gasteiger partial charge on any atom is -0.329 e. The predicted molar refractivity (Wildman–Crippen MR) is 92.1 cm³/mol. The first-order valence-corrected chi connectivity index (χ1v) is 8.80. The van der Waals surface area contributed by atoms with Crippen LogP contribution in [0.25, 0.3) is 0 Å². The molecule has 0 aromatic carbocycles. The summed E-state index contributed by atoms with van der Waals surface area (Å²) in [6.45, 7) is 17.1. The summed E-state index contributed by atoms with van der Waals surface area (Å²) < 4.78 is 0. The Morgan fingerprint density at radius 1 is 0.950 bits per heavy atom. The molecule has 0 amide bonds. The number of nitrogens with two attached hydrogens (primary N) is 1. The molecule has 2 nitrogen and oxygen atoms in total. The van der Waals surface area contributed by atoms with Crippen LogP contribution in [0.2, 0.25) is 0 Å². The fourth-order valence-electron chi connectivity index (χ4n) is 2.62. The van der Waals surface area contributed by atoms with Gasteiger partial charge in [0.05, 0.1) is 0 Å². The Balaban J connectivity index is 4.62. The van der Waals surface area contributed by atoms with Gasteiger partial charge in [-0.2, -0.15) is 0 Å². The van der Waals surface area contributed by atoms with Gasteiger partial charge in [0.25, 0.3) is 0 Å². The summed E-state index contributed by atoms with van der Waals surface area (Å²) >= 11 is 0. The van der Waals surface area contributed by atoms with Crippen molar-refractivity contribution in [3.8, 4) is 0 Å². The molecule has 0 fully saturated rings. The van der Waals surface area contributed by atoms with Crippen LogP contribution < -0.4 is 5.73 Å². The van der Waals surface area contributed by atoms with Crippen LogP contribution in [0.5, 0.6) is 0 Å². The van der Waals surface area contributed by atoms with E-state index in [1.165, 1.54) is 51.6 Å². The normalized spacial score (nSPS) is 15.3. The molecular formula is C18H40N2. The van der Waals surface area contributed by atoms with Gasteiger partial charge < -0.3 is 5.73 Å².